The van der Waals surface area contributed by atoms with Gasteiger partial charge in [0.25, 0.3) is 0 Å². The molecule has 0 bridgehead atoms. The molecule has 88 valence electrons. The SMILES string of the molecule is NC(=O)CCCCNCc1ccccc1O. The number of phenols is 1. The van der Waals surface area contributed by atoms with E-state index in [0.29, 0.717) is 18.7 Å². The Hall–Kier alpha value is -1.55. The summed E-state index contributed by atoms with van der Waals surface area (Å²) in [6, 6.07) is 7.24. The summed E-state index contributed by atoms with van der Waals surface area (Å²) in [6.45, 7) is 1.46. The fourth-order valence-corrected chi connectivity index (χ4v) is 1.43. The smallest absolute Gasteiger partial charge is 0.217 e. The highest BCUT2D eigenvalue weighted by molar-refractivity contribution is 5.73. The molecule has 1 rings (SSSR count). The van der Waals surface area contributed by atoms with Gasteiger partial charge in [0.05, 0.1) is 0 Å². The second-order valence-electron chi connectivity index (χ2n) is 3.73. The molecule has 0 radical (unpaired) electrons. The van der Waals surface area contributed by atoms with Crippen LogP contribution < -0.4 is 11.1 Å². The first-order valence-corrected chi connectivity index (χ1v) is 5.46. The summed E-state index contributed by atoms with van der Waals surface area (Å²) in [5.74, 6) is 0.0628. The Bertz CT molecular complexity index is 340. The van der Waals surface area contributed by atoms with Crippen molar-refractivity contribution in [3.05, 3.63) is 29.8 Å². The van der Waals surface area contributed by atoms with Crippen molar-refractivity contribution in [2.45, 2.75) is 25.8 Å². The van der Waals surface area contributed by atoms with Crippen LogP contribution in [-0.2, 0) is 11.3 Å². The maximum atomic E-state index is 10.5. The molecule has 0 saturated carbocycles. The van der Waals surface area contributed by atoms with E-state index in [9.17, 15) is 9.90 Å². The first-order chi connectivity index (χ1) is 7.70. The van der Waals surface area contributed by atoms with Crippen molar-refractivity contribution >= 4 is 5.91 Å². The second kappa shape index (κ2) is 6.85. The van der Waals surface area contributed by atoms with Gasteiger partial charge in [-0.25, -0.2) is 0 Å². The molecule has 0 unspecified atom stereocenters. The molecular weight excluding hydrogens is 204 g/mol. The summed E-state index contributed by atoms with van der Waals surface area (Å²) in [7, 11) is 0. The number of amides is 1. The van der Waals surface area contributed by atoms with Crippen molar-refractivity contribution in [2.75, 3.05) is 6.54 Å². The molecule has 1 amide bonds. The number of primary amides is 1. The topological polar surface area (TPSA) is 75.4 Å². The fourth-order valence-electron chi connectivity index (χ4n) is 1.43. The highest BCUT2D eigenvalue weighted by Gasteiger charge is 1.98. The minimum Gasteiger partial charge on any atom is -0.508 e. The van der Waals surface area contributed by atoms with Crippen molar-refractivity contribution in [1.82, 2.24) is 5.32 Å². The molecule has 0 atom stereocenters. The molecule has 0 aromatic heterocycles. The predicted molar refractivity (Wildman–Crippen MR) is 62.9 cm³/mol. The number of rotatable bonds is 7. The van der Waals surface area contributed by atoms with Gasteiger partial charge < -0.3 is 16.2 Å². The highest BCUT2D eigenvalue weighted by Crippen LogP contribution is 2.14. The van der Waals surface area contributed by atoms with Crippen LogP contribution in [0.15, 0.2) is 24.3 Å². The monoisotopic (exact) mass is 222 g/mol. The van der Waals surface area contributed by atoms with Crippen molar-refractivity contribution in [1.29, 1.82) is 0 Å². The molecule has 0 fully saturated rings. The fraction of sp³-hybridized carbons (Fsp3) is 0.417. The van der Waals surface area contributed by atoms with Crippen LogP contribution in [-0.4, -0.2) is 17.6 Å². The summed E-state index contributed by atoms with van der Waals surface area (Å²) in [5.41, 5.74) is 5.91. The lowest BCUT2D eigenvalue weighted by Gasteiger charge is -2.06. The van der Waals surface area contributed by atoms with E-state index in [1.807, 2.05) is 12.1 Å². The zero-order chi connectivity index (χ0) is 11.8. The predicted octanol–water partition coefficient (Wildman–Crippen LogP) is 1.14. The molecule has 0 aliphatic rings. The Morgan fingerprint density at radius 2 is 2.06 bits per heavy atom. The van der Waals surface area contributed by atoms with Crippen molar-refractivity contribution < 1.29 is 9.90 Å². The Morgan fingerprint density at radius 1 is 1.31 bits per heavy atom. The van der Waals surface area contributed by atoms with Crippen LogP contribution in [0.25, 0.3) is 0 Å². The molecule has 0 aliphatic heterocycles. The lowest BCUT2D eigenvalue weighted by molar-refractivity contribution is -0.118. The maximum Gasteiger partial charge on any atom is 0.217 e. The summed E-state index contributed by atoms with van der Waals surface area (Å²) in [6.07, 6.45) is 2.16. The van der Waals surface area contributed by atoms with Gasteiger partial charge in [-0.1, -0.05) is 18.2 Å². The number of phenolic OH excluding ortho intramolecular Hbond substituents is 1. The van der Waals surface area contributed by atoms with Crippen molar-refractivity contribution in [3.63, 3.8) is 0 Å². The highest BCUT2D eigenvalue weighted by atomic mass is 16.3. The number of aromatic hydroxyl groups is 1. The third-order valence-corrected chi connectivity index (χ3v) is 2.33. The Kier molecular flexibility index (Phi) is 5.36. The number of nitrogens with two attached hydrogens (primary N) is 1. The van der Waals surface area contributed by atoms with Gasteiger partial charge in [-0.15, -0.1) is 0 Å². The number of hydrogen-bond acceptors (Lipinski definition) is 3. The van der Waals surface area contributed by atoms with Crippen LogP contribution in [0.1, 0.15) is 24.8 Å². The standard InChI is InChI=1S/C12H18N2O2/c13-12(16)7-3-4-8-14-9-10-5-1-2-6-11(10)15/h1-2,5-6,14-15H,3-4,7-9H2,(H2,13,16). The normalized spacial score (nSPS) is 10.2. The Balaban J connectivity index is 2.12. The number of nitrogens with one attached hydrogen (secondary N) is 1. The Labute approximate surface area is 95.5 Å². The largest absolute Gasteiger partial charge is 0.508 e. The van der Waals surface area contributed by atoms with Crippen LogP contribution in [0.4, 0.5) is 0 Å². The average Bonchev–Trinajstić information content (AvgIpc) is 2.25. The molecule has 1 aromatic carbocycles. The average molecular weight is 222 g/mol. The van der Waals surface area contributed by atoms with Gasteiger partial charge in [0.1, 0.15) is 5.75 Å². The number of unbranched alkanes of at least 4 members (excludes halogenated alkanes) is 1. The molecule has 0 aliphatic carbocycles. The molecule has 0 spiro atoms. The van der Waals surface area contributed by atoms with E-state index in [1.54, 1.807) is 12.1 Å². The first-order valence-electron chi connectivity index (χ1n) is 5.46. The van der Waals surface area contributed by atoms with E-state index in [2.05, 4.69) is 5.32 Å². The summed E-state index contributed by atoms with van der Waals surface area (Å²) < 4.78 is 0. The van der Waals surface area contributed by atoms with E-state index < -0.39 is 0 Å². The zero-order valence-electron chi connectivity index (χ0n) is 9.28. The summed E-state index contributed by atoms with van der Waals surface area (Å²) >= 11 is 0. The lowest BCUT2D eigenvalue weighted by Crippen LogP contribution is -2.16. The van der Waals surface area contributed by atoms with Gasteiger partial charge in [0.2, 0.25) is 5.91 Å². The molecular formula is C12H18N2O2. The summed E-state index contributed by atoms with van der Waals surface area (Å²) in [4.78, 5) is 10.5. The Morgan fingerprint density at radius 3 is 2.75 bits per heavy atom. The van der Waals surface area contributed by atoms with E-state index >= 15 is 0 Å². The minimum atomic E-state index is -0.249. The summed E-state index contributed by atoms with van der Waals surface area (Å²) in [5, 5.41) is 12.7. The maximum absolute atomic E-state index is 10.5. The van der Waals surface area contributed by atoms with Crippen molar-refractivity contribution in [3.8, 4) is 5.75 Å². The van der Waals surface area contributed by atoms with E-state index in [-0.39, 0.29) is 5.91 Å². The molecule has 0 heterocycles. The second-order valence-corrected chi connectivity index (χ2v) is 3.73. The van der Waals surface area contributed by atoms with Gasteiger partial charge in [0, 0.05) is 18.5 Å². The molecule has 1 aromatic rings. The number of carbonyl (C=O) groups excluding carboxylic acids is 1. The molecule has 16 heavy (non-hydrogen) atoms. The van der Waals surface area contributed by atoms with E-state index in [0.717, 1.165) is 24.9 Å². The van der Waals surface area contributed by atoms with E-state index in [1.165, 1.54) is 0 Å². The van der Waals surface area contributed by atoms with Crippen LogP contribution in [0.2, 0.25) is 0 Å². The van der Waals surface area contributed by atoms with Gasteiger partial charge in [-0.3, -0.25) is 4.79 Å². The van der Waals surface area contributed by atoms with Gasteiger partial charge >= 0.3 is 0 Å². The molecule has 4 N–H and O–H groups in total. The zero-order valence-corrected chi connectivity index (χ0v) is 9.28. The van der Waals surface area contributed by atoms with Crippen molar-refractivity contribution in [2.24, 2.45) is 5.73 Å². The number of benzene rings is 1. The molecule has 4 nitrogen and oxygen atoms in total. The van der Waals surface area contributed by atoms with Crippen LogP contribution in [0.5, 0.6) is 5.75 Å². The van der Waals surface area contributed by atoms with E-state index in [4.69, 9.17) is 5.73 Å². The molecule has 4 heteroatoms. The van der Waals surface area contributed by atoms with Gasteiger partial charge in [-0.05, 0) is 25.5 Å². The van der Waals surface area contributed by atoms with Crippen LogP contribution in [0, 0.1) is 0 Å². The lowest BCUT2D eigenvalue weighted by atomic mass is 10.2. The third kappa shape index (κ3) is 4.79. The van der Waals surface area contributed by atoms with Crippen LogP contribution >= 0.6 is 0 Å². The number of para-hydroxylation sites is 1. The van der Waals surface area contributed by atoms with Crippen LogP contribution in [0.3, 0.4) is 0 Å². The van der Waals surface area contributed by atoms with Gasteiger partial charge in [0.15, 0.2) is 0 Å². The first kappa shape index (κ1) is 12.5. The molecule has 0 saturated heterocycles. The quantitative estimate of drug-likeness (QED) is 0.605. The number of carbonyl (C=O) groups is 1. The third-order valence-electron chi connectivity index (χ3n) is 2.33. The number of hydrogen-bond donors (Lipinski definition) is 3. The van der Waals surface area contributed by atoms with Gasteiger partial charge in [-0.2, -0.15) is 0 Å². The minimum absolute atomic E-state index is 0.249.